The molecule has 1 N–H and O–H groups in total. The summed E-state index contributed by atoms with van der Waals surface area (Å²) in [6, 6.07) is 10.1. The molecular weight excluding hydrogens is 220 g/mol. The Hall–Kier alpha value is -1.83. The van der Waals surface area contributed by atoms with Crippen LogP contribution in [0.3, 0.4) is 0 Å². The van der Waals surface area contributed by atoms with Gasteiger partial charge in [0.1, 0.15) is 5.84 Å². The van der Waals surface area contributed by atoms with Crippen LogP contribution >= 0.6 is 0 Å². The second kappa shape index (κ2) is 7.49. The summed E-state index contributed by atoms with van der Waals surface area (Å²) < 4.78 is 0. The lowest BCUT2D eigenvalue weighted by Crippen LogP contribution is -2.07. The van der Waals surface area contributed by atoms with Crippen LogP contribution in [0.15, 0.2) is 59.2 Å². The van der Waals surface area contributed by atoms with Crippen molar-refractivity contribution in [2.45, 2.75) is 33.6 Å². The SMILES string of the molecule is C=CCC(CC)=C(C)N=C(C)Nc1ccccc1. The van der Waals surface area contributed by atoms with Crippen LogP contribution in [0, 0.1) is 0 Å². The number of rotatable bonds is 5. The van der Waals surface area contributed by atoms with Crippen LogP contribution < -0.4 is 5.32 Å². The summed E-state index contributed by atoms with van der Waals surface area (Å²) in [5.41, 5.74) is 3.48. The van der Waals surface area contributed by atoms with E-state index in [0.29, 0.717) is 0 Å². The summed E-state index contributed by atoms with van der Waals surface area (Å²) in [5.74, 6) is 0.911. The number of hydrogen-bond donors (Lipinski definition) is 1. The molecule has 18 heavy (non-hydrogen) atoms. The van der Waals surface area contributed by atoms with Crippen molar-refractivity contribution >= 4 is 11.5 Å². The fourth-order valence-electron chi connectivity index (χ4n) is 1.81. The summed E-state index contributed by atoms with van der Waals surface area (Å²) in [6.07, 6.45) is 3.85. The summed E-state index contributed by atoms with van der Waals surface area (Å²) in [6.45, 7) is 9.97. The number of para-hydroxylation sites is 1. The van der Waals surface area contributed by atoms with Crippen molar-refractivity contribution < 1.29 is 0 Å². The quantitative estimate of drug-likeness (QED) is 0.448. The summed E-state index contributed by atoms with van der Waals surface area (Å²) in [5, 5.41) is 3.28. The maximum Gasteiger partial charge on any atom is 0.103 e. The predicted octanol–water partition coefficient (Wildman–Crippen LogP) is 4.78. The number of nitrogens with zero attached hydrogens (tertiary/aromatic N) is 1. The van der Waals surface area contributed by atoms with Crippen LogP contribution in [-0.2, 0) is 0 Å². The highest BCUT2D eigenvalue weighted by atomic mass is 15.0. The number of aliphatic imine (C=N–C) groups is 1. The molecule has 0 aliphatic heterocycles. The molecule has 1 rings (SSSR count). The zero-order valence-electron chi connectivity index (χ0n) is 11.5. The van der Waals surface area contributed by atoms with Gasteiger partial charge in [0.05, 0.1) is 0 Å². The van der Waals surface area contributed by atoms with E-state index in [1.807, 2.05) is 43.3 Å². The molecule has 0 aromatic heterocycles. The zero-order valence-corrected chi connectivity index (χ0v) is 11.5. The molecule has 0 bridgehead atoms. The summed E-state index contributed by atoms with van der Waals surface area (Å²) in [7, 11) is 0. The molecule has 2 nitrogen and oxygen atoms in total. The highest BCUT2D eigenvalue weighted by Crippen LogP contribution is 2.15. The van der Waals surface area contributed by atoms with Gasteiger partial charge in [0.15, 0.2) is 0 Å². The van der Waals surface area contributed by atoms with Gasteiger partial charge in [-0.25, -0.2) is 4.99 Å². The molecule has 0 spiro atoms. The van der Waals surface area contributed by atoms with Crippen LogP contribution in [0.1, 0.15) is 33.6 Å². The van der Waals surface area contributed by atoms with Crippen molar-refractivity contribution in [2.75, 3.05) is 5.32 Å². The first-order valence-electron chi connectivity index (χ1n) is 6.34. The molecule has 96 valence electrons. The predicted molar refractivity (Wildman–Crippen MR) is 81.0 cm³/mol. The second-order valence-corrected chi connectivity index (χ2v) is 4.22. The van der Waals surface area contributed by atoms with Crippen molar-refractivity contribution in [3.8, 4) is 0 Å². The normalized spacial score (nSPS) is 12.9. The Labute approximate surface area is 110 Å². The first-order valence-corrected chi connectivity index (χ1v) is 6.34. The van der Waals surface area contributed by atoms with Crippen molar-refractivity contribution in [2.24, 2.45) is 4.99 Å². The lowest BCUT2D eigenvalue weighted by molar-refractivity contribution is 0.982. The van der Waals surface area contributed by atoms with Gasteiger partial charge in [-0.05, 0) is 44.4 Å². The van der Waals surface area contributed by atoms with Gasteiger partial charge in [0.25, 0.3) is 0 Å². The van der Waals surface area contributed by atoms with Crippen molar-refractivity contribution in [3.63, 3.8) is 0 Å². The monoisotopic (exact) mass is 242 g/mol. The molecule has 0 heterocycles. The molecule has 0 fully saturated rings. The average Bonchev–Trinajstić information content (AvgIpc) is 2.36. The van der Waals surface area contributed by atoms with E-state index in [0.717, 1.165) is 30.1 Å². The number of allylic oxidation sites excluding steroid dienone is 3. The van der Waals surface area contributed by atoms with Crippen LogP contribution in [0.25, 0.3) is 0 Å². The molecule has 2 heteroatoms. The van der Waals surface area contributed by atoms with Gasteiger partial charge < -0.3 is 5.32 Å². The number of benzene rings is 1. The zero-order chi connectivity index (χ0) is 13.4. The molecule has 0 saturated carbocycles. The summed E-state index contributed by atoms with van der Waals surface area (Å²) in [4.78, 5) is 4.60. The van der Waals surface area contributed by atoms with Gasteiger partial charge in [-0.1, -0.05) is 31.2 Å². The maximum absolute atomic E-state index is 4.60. The van der Waals surface area contributed by atoms with Gasteiger partial charge >= 0.3 is 0 Å². The number of hydrogen-bond acceptors (Lipinski definition) is 1. The van der Waals surface area contributed by atoms with E-state index in [1.165, 1.54) is 5.57 Å². The number of amidine groups is 1. The van der Waals surface area contributed by atoms with Crippen LogP contribution in [0.5, 0.6) is 0 Å². The Balaban J connectivity index is 2.79. The van der Waals surface area contributed by atoms with Gasteiger partial charge in [0.2, 0.25) is 0 Å². The minimum atomic E-state index is 0.907. The van der Waals surface area contributed by atoms with E-state index >= 15 is 0 Å². The van der Waals surface area contributed by atoms with E-state index in [4.69, 9.17) is 0 Å². The largest absolute Gasteiger partial charge is 0.344 e. The van der Waals surface area contributed by atoms with Crippen LogP contribution in [-0.4, -0.2) is 5.84 Å². The molecule has 0 aliphatic rings. The molecule has 0 aliphatic carbocycles. The van der Waals surface area contributed by atoms with Crippen LogP contribution in [0.4, 0.5) is 5.69 Å². The third-order valence-corrected chi connectivity index (χ3v) is 2.76. The van der Waals surface area contributed by atoms with Crippen LogP contribution in [0.2, 0.25) is 0 Å². The molecular formula is C16H22N2. The fraction of sp³-hybridized carbons (Fsp3) is 0.312. The van der Waals surface area contributed by atoms with Gasteiger partial charge in [-0.15, -0.1) is 6.58 Å². The van der Waals surface area contributed by atoms with E-state index < -0.39 is 0 Å². The third kappa shape index (κ3) is 4.58. The molecule has 0 atom stereocenters. The van der Waals surface area contributed by atoms with E-state index in [1.54, 1.807) is 0 Å². The van der Waals surface area contributed by atoms with E-state index in [9.17, 15) is 0 Å². The minimum Gasteiger partial charge on any atom is -0.344 e. The molecule has 1 aromatic rings. The molecule has 0 saturated heterocycles. The average molecular weight is 242 g/mol. The number of anilines is 1. The lowest BCUT2D eigenvalue weighted by atomic mass is 10.1. The standard InChI is InChI=1S/C16H22N2/c1-5-10-15(6-2)13(3)17-14(4)18-16-11-8-7-9-12-16/h5,7-9,11-12H,1,6,10H2,2-4H3,(H,17,18). The van der Waals surface area contributed by atoms with E-state index in [-0.39, 0.29) is 0 Å². The van der Waals surface area contributed by atoms with E-state index in [2.05, 4.69) is 30.7 Å². The third-order valence-electron chi connectivity index (χ3n) is 2.76. The molecule has 0 unspecified atom stereocenters. The van der Waals surface area contributed by atoms with Crippen molar-refractivity contribution in [3.05, 3.63) is 54.3 Å². The maximum atomic E-state index is 4.60. The summed E-state index contributed by atoms with van der Waals surface area (Å²) >= 11 is 0. The lowest BCUT2D eigenvalue weighted by Gasteiger charge is -2.08. The first-order chi connectivity index (χ1) is 8.67. The Bertz CT molecular complexity index is 441. The fourth-order valence-corrected chi connectivity index (χ4v) is 1.81. The van der Waals surface area contributed by atoms with Crippen molar-refractivity contribution in [1.29, 1.82) is 0 Å². The Morgan fingerprint density at radius 3 is 2.50 bits per heavy atom. The highest BCUT2D eigenvalue weighted by Gasteiger charge is 1.99. The topological polar surface area (TPSA) is 24.4 Å². The molecule has 0 amide bonds. The van der Waals surface area contributed by atoms with Gasteiger partial charge in [0, 0.05) is 11.4 Å². The highest BCUT2D eigenvalue weighted by molar-refractivity contribution is 5.94. The van der Waals surface area contributed by atoms with Gasteiger partial charge in [-0.3, -0.25) is 0 Å². The smallest absolute Gasteiger partial charge is 0.103 e. The Kier molecular flexibility index (Phi) is 5.92. The Morgan fingerprint density at radius 2 is 1.94 bits per heavy atom. The molecule has 0 radical (unpaired) electrons. The Morgan fingerprint density at radius 1 is 1.28 bits per heavy atom. The second-order valence-electron chi connectivity index (χ2n) is 4.22. The molecule has 1 aromatic carbocycles. The van der Waals surface area contributed by atoms with Crippen molar-refractivity contribution in [1.82, 2.24) is 0 Å². The first kappa shape index (κ1) is 14.2. The minimum absolute atomic E-state index is 0.907. The van der Waals surface area contributed by atoms with Gasteiger partial charge in [-0.2, -0.15) is 0 Å². The number of nitrogens with one attached hydrogen (secondary N) is 1.